The average Bonchev–Trinajstić information content (AvgIpc) is 2.83. The number of carbonyl (C=O) groups is 1. The zero-order valence-electron chi connectivity index (χ0n) is 10.2. The fourth-order valence-corrected chi connectivity index (χ4v) is 2.44. The second-order valence-corrected chi connectivity index (χ2v) is 5.10. The largest absolute Gasteiger partial charge is 0.478 e. The van der Waals surface area contributed by atoms with Crippen LogP contribution in [0.5, 0.6) is 0 Å². The number of carboxylic acid groups (broad SMARTS) is 1. The van der Waals surface area contributed by atoms with Gasteiger partial charge in [-0.2, -0.15) is 0 Å². The molecular formula is C13H9Cl2FO4. The van der Waals surface area contributed by atoms with Crippen LogP contribution in [0.1, 0.15) is 28.6 Å². The van der Waals surface area contributed by atoms with Gasteiger partial charge in [-0.15, -0.1) is 0 Å². The molecule has 4 nitrogen and oxygen atoms in total. The standard InChI is InChI=1S/C13H9Cl2FO4/c1-13(19,11-6(12(17)18)2-3-20-11)7-4-10(16)9(15)5-8(7)14/h2-5,19H,1H3,(H,17,18). The minimum Gasteiger partial charge on any atom is -0.478 e. The number of hydrogen-bond acceptors (Lipinski definition) is 3. The van der Waals surface area contributed by atoms with Crippen molar-refractivity contribution in [1.82, 2.24) is 0 Å². The van der Waals surface area contributed by atoms with E-state index in [1.165, 1.54) is 13.0 Å². The summed E-state index contributed by atoms with van der Waals surface area (Å²) in [5, 5.41) is 19.3. The molecule has 0 spiro atoms. The van der Waals surface area contributed by atoms with Crippen LogP contribution in [0.25, 0.3) is 0 Å². The van der Waals surface area contributed by atoms with Gasteiger partial charge in [0.2, 0.25) is 0 Å². The molecule has 1 unspecified atom stereocenters. The summed E-state index contributed by atoms with van der Waals surface area (Å²) in [6.07, 6.45) is 1.12. The van der Waals surface area contributed by atoms with Gasteiger partial charge in [-0.3, -0.25) is 0 Å². The summed E-state index contributed by atoms with van der Waals surface area (Å²) in [5.74, 6) is -2.30. The summed E-state index contributed by atoms with van der Waals surface area (Å²) in [5.41, 5.74) is -2.19. The molecule has 1 aromatic carbocycles. The molecule has 2 rings (SSSR count). The number of carboxylic acids is 1. The Kier molecular flexibility index (Phi) is 3.77. The van der Waals surface area contributed by atoms with Crippen molar-refractivity contribution in [3.8, 4) is 0 Å². The van der Waals surface area contributed by atoms with Crippen LogP contribution in [-0.2, 0) is 5.60 Å². The van der Waals surface area contributed by atoms with E-state index in [-0.39, 0.29) is 26.9 Å². The zero-order valence-corrected chi connectivity index (χ0v) is 11.7. The van der Waals surface area contributed by atoms with E-state index in [1.807, 2.05) is 0 Å². The zero-order chi connectivity index (χ0) is 15.1. The van der Waals surface area contributed by atoms with E-state index in [0.29, 0.717) is 0 Å². The maximum absolute atomic E-state index is 13.5. The van der Waals surface area contributed by atoms with Crippen molar-refractivity contribution in [3.63, 3.8) is 0 Å². The Balaban J connectivity index is 2.63. The van der Waals surface area contributed by atoms with Crippen molar-refractivity contribution in [1.29, 1.82) is 0 Å². The van der Waals surface area contributed by atoms with Gasteiger partial charge in [0.15, 0.2) is 5.76 Å². The number of aliphatic hydroxyl groups is 1. The molecule has 20 heavy (non-hydrogen) atoms. The lowest BCUT2D eigenvalue weighted by Gasteiger charge is -2.23. The second-order valence-electron chi connectivity index (χ2n) is 4.29. The molecule has 0 saturated carbocycles. The lowest BCUT2D eigenvalue weighted by atomic mass is 9.91. The Morgan fingerprint density at radius 3 is 2.60 bits per heavy atom. The number of halogens is 3. The highest BCUT2D eigenvalue weighted by molar-refractivity contribution is 6.35. The fraction of sp³-hybridized carbons (Fsp3) is 0.154. The molecule has 2 aromatic rings. The number of hydrogen-bond donors (Lipinski definition) is 2. The number of benzene rings is 1. The predicted molar refractivity (Wildman–Crippen MR) is 70.8 cm³/mol. The normalized spacial score (nSPS) is 14.1. The molecule has 7 heteroatoms. The molecule has 0 aliphatic rings. The van der Waals surface area contributed by atoms with Crippen molar-refractivity contribution >= 4 is 29.2 Å². The molecule has 0 bridgehead atoms. The maximum Gasteiger partial charge on any atom is 0.339 e. The van der Waals surface area contributed by atoms with Crippen LogP contribution in [0.3, 0.4) is 0 Å². The molecule has 1 aromatic heterocycles. The summed E-state index contributed by atoms with van der Waals surface area (Å²) < 4.78 is 18.6. The van der Waals surface area contributed by atoms with E-state index < -0.39 is 17.4 Å². The van der Waals surface area contributed by atoms with E-state index in [4.69, 9.17) is 32.7 Å². The summed E-state index contributed by atoms with van der Waals surface area (Å²) in [4.78, 5) is 11.1. The van der Waals surface area contributed by atoms with E-state index in [2.05, 4.69) is 0 Å². The molecule has 0 aliphatic heterocycles. The first-order chi connectivity index (χ1) is 9.25. The molecule has 2 N–H and O–H groups in total. The molecule has 0 radical (unpaired) electrons. The van der Waals surface area contributed by atoms with Crippen molar-refractivity contribution in [3.05, 3.63) is 57.2 Å². The van der Waals surface area contributed by atoms with Gasteiger partial charge >= 0.3 is 5.97 Å². The number of furan rings is 1. The van der Waals surface area contributed by atoms with Crippen molar-refractivity contribution < 1.29 is 23.8 Å². The smallest absolute Gasteiger partial charge is 0.339 e. The lowest BCUT2D eigenvalue weighted by molar-refractivity contribution is 0.0614. The van der Waals surface area contributed by atoms with Gasteiger partial charge in [0.25, 0.3) is 0 Å². The Hall–Kier alpha value is -1.56. The lowest BCUT2D eigenvalue weighted by Crippen LogP contribution is -2.25. The highest BCUT2D eigenvalue weighted by Crippen LogP contribution is 2.38. The molecule has 106 valence electrons. The predicted octanol–water partition coefficient (Wildman–Crippen LogP) is 3.68. The summed E-state index contributed by atoms with van der Waals surface area (Å²) in [6, 6.07) is 3.26. The minimum absolute atomic E-state index is 0.00543. The van der Waals surface area contributed by atoms with Crippen molar-refractivity contribution in [2.75, 3.05) is 0 Å². The Bertz CT molecular complexity index is 679. The SMILES string of the molecule is CC(O)(c1cc(F)c(Cl)cc1Cl)c1occc1C(=O)O. The monoisotopic (exact) mass is 318 g/mol. The van der Waals surface area contributed by atoms with Crippen LogP contribution >= 0.6 is 23.2 Å². The molecule has 0 fully saturated rings. The van der Waals surface area contributed by atoms with Gasteiger partial charge in [0.05, 0.1) is 11.3 Å². The van der Waals surface area contributed by atoms with Gasteiger partial charge < -0.3 is 14.6 Å². The highest BCUT2D eigenvalue weighted by atomic mass is 35.5. The van der Waals surface area contributed by atoms with Gasteiger partial charge in [0.1, 0.15) is 17.0 Å². The van der Waals surface area contributed by atoms with Crippen LogP contribution in [0.15, 0.2) is 28.9 Å². The minimum atomic E-state index is -1.92. The van der Waals surface area contributed by atoms with E-state index in [1.54, 1.807) is 0 Å². The van der Waals surface area contributed by atoms with Crippen LogP contribution in [0.2, 0.25) is 10.0 Å². The second kappa shape index (κ2) is 5.09. The Morgan fingerprint density at radius 1 is 1.35 bits per heavy atom. The maximum atomic E-state index is 13.5. The van der Waals surface area contributed by atoms with Crippen LogP contribution in [0, 0.1) is 5.82 Å². The van der Waals surface area contributed by atoms with Crippen molar-refractivity contribution in [2.24, 2.45) is 0 Å². The molecule has 0 aliphatic carbocycles. The van der Waals surface area contributed by atoms with Crippen LogP contribution < -0.4 is 0 Å². The summed E-state index contributed by atoms with van der Waals surface area (Å²) in [7, 11) is 0. The molecule has 0 amide bonds. The Morgan fingerprint density at radius 2 is 2.00 bits per heavy atom. The first-order valence-corrected chi connectivity index (χ1v) is 6.19. The Labute approximate surface area is 123 Å². The highest BCUT2D eigenvalue weighted by Gasteiger charge is 2.36. The van der Waals surface area contributed by atoms with Gasteiger partial charge in [-0.1, -0.05) is 23.2 Å². The van der Waals surface area contributed by atoms with Crippen LogP contribution in [-0.4, -0.2) is 16.2 Å². The average molecular weight is 319 g/mol. The van der Waals surface area contributed by atoms with E-state index in [0.717, 1.165) is 18.4 Å². The molecular weight excluding hydrogens is 310 g/mol. The van der Waals surface area contributed by atoms with Crippen LogP contribution in [0.4, 0.5) is 4.39 Å². The van der Waals surface area contributed by atoms with E-state index >= 15 is 0 Å². The molecule has 1 heterocycles. The third-order valence-electron chi connectivity index (χ3n) is 2.87. The van der Waals surface area contributed by atoms with Gasteiger partial charge in [-0.25, -0.2) is 9.18 Å². The summed E-state index contributed by atoms with van der Waals surface area (Å²) in [6.45, 7) is 1.26. The first-order valence-electron chi connectivity index (χ1n) is 5.43. The molecule has 0 saturated heterocycles. The fourth-order valence-electron chi connectivity index (χ4n) is 1.87. The number of rotatable bonds is 3. The topological polar surface area (TPSA) is 70.7 Å². The third-order valence-corrected chi connectivity index (χ3v) is 3.47. The quantitative estimate of drug-likeness (QED) is 0.847. The third kappa shape index (κ3) is 2.40. The van der Waals surface area contributed by atoms with E-state index in [9.17, 15) is 14.3 Å². The summed E-state index contributed by atoms with van der Waals surface area (Å²) >= 11 is 11.5. The van der Waals surface area contributed by atoms with Gasteiger partial charge in [0, 0.05) is 10.6 Å². The first kappa shape index (κ1) is 14.8. The van der Waals surface area contributed by atoms with Crippen molar-refractivity contribution in [2.45, 2.75) is 12.5 Å². The van der Waals surface area contributed by atoms with Gasteiger partial charge in [-0.05, 0) is 25.1 Å². The molecule has 1 atom stereocenters. The number of aromatic carboxylic acids is 1.